The summed E-state index contributed by atoms with van der Waals surface area (Å²) in [5.41, 5.74) is 6.39. The van der Waals surface area contributed by atoms with Gasteiger partial charge in [0.2, 0.25) is 0 Å². The number of nitrogen functional groups attached to an aromatic ring is 1. The van der Waals surface area contributed by atoms with Crippen LogP contribution >= 0.6 is 11.6 Å². The van der Waals surface area contributed by atoms with E-state index in [2.05, 4.69) is 15.5 Å². The first-order valence-electron chi connectivity index (χ1n) is 4.68. The summed E-state index contributed by atoms with van der Waals surface area (Å²) in [5, 5.41) is 10.8. The predicted molar refractivity (Wildman–Crippen MR) is 58.7 cm³/mol. The summed E-state index contributed by atoms with van der Waals surface area (Å²) in [5.74, 6) is 0.169. The van der Waals surface area contributed by atoms with Gasteiger partial charge in [-0.05, 0) is 22.6 Å². The van der Waals surface area contributed by atoms with Crippen molar-refractivity contribution in [2.45, 2.75) is 13.0 Å². The Bertz CT molecular complexity index is 528. The first kappa shape index (κ1) is 11.7. The number of aromatic nitrogens is 4. The minimum absolute atomic E-state index is 0.169. The van der Waals surface area contributed by atoms with Crippen molar-refractivity contribution in [3.05, 3.63) is 23.2 Å². The highest BCUT2D eigenvalue weighted by Crippen LogP contribution is 2.30. The number of halogens is 3. The van der Waals surface area contributed by atoms with E-state index in [-0.39, 0.29) is 10.8 Å². The van der Waals surface area contributed by atoms with Crippen molar-refractivity contribution in [2.75, 3.05) is 5.73 Å². The van der Waals surface area contributed by atoms with E-state index in [9.17, 15) is 8.78 Å². The van der Waals surface area contributed by atoms with E-state index in [0.717, 1.165) is 4.68 Å². The Morgan fingerprint density at radius 2 is 2.18 bits per heavy atom. The molecule has 0 atom stereocenters. The lowest BCUT2D eigenvalue weighted by molar-refractivity contribution is 0.121. The Balaban J connectivity index is 2.46. The summed E-state index contributed by atoms with van der Waals surface area (Å²) in [7, 11) is 0. The van der Waals surface area contributed by atoms with Gasteiger partial charge in [0.1, 0.15) is 6.54 Å². The van der Waals surface area contributed by atoms with Gasteiger partial charge in [0.05, 0.1) is 10.7 Å². The van der Waals surface area contributed by atoms with Crippen LogP contribution in [0.4, 0.5) is 14.5 Å². The average Bonchev–Trinajstić information content (AvgIpc) is 2.69. The van der Waals surface area contributed by atoms with E-state index in [1.807, 2.05) is 0 Å². The second-order valence-corrected chi connectivity index (χ2v) is 3.66. The van der Waals surface area contributed by atoms with Crippen molar-refractivity contribution in [3.63, 3.8) is 0 Å². The number of anilines is 1. The van der Waals surface area contributed by atoms with Gasteiger partial charge in [0.15, 0.2) is 5.82 Å². The predicted octanol–water partition coefficient (Wildman–Crippen LogP) is 1.84. The van der Waals surface area contributed by atoms with Crippen molar-refractivity contribution in [2.24, 2.45) is 0 Å². The highest BCUT2D eigenvalue weighted by Gasteiger charge is 2.16. The second kappa shape index (κ2) is 4.62. The molecule has 8 heteroatoms. The molecular formula is C9H8ClF2N5. The Labute approximate surface area is 100 Å². The zero-order valence-electron chi connectivity index (χ0n) is 8.52. The first-order chi connectivity index (χ1) is 8.09. The van der Waals surface area contributed by atoms with Crippen LogP contribution in [0.1, 0.15) is 0 Å². The van der Waals surface area contributed by atoms with Crippen LogP contribution in [-0.2, 0) is 6.54 Å². The molecule has 1 aromatic carbocycles. The minimum atomic E-state index is -2.54. The van der Waals surface area contributed by atoms with Crippen molar-refractivity contribution < 1.29 is 8.78 Å². The summed E-state index contributed by atoms with van der Waals surface area (Å²) in [6, 6.07) is 4.87. The van der Waals surface area contributed by atoms with Crippen LogP contribution in [0.3, 0.4) is 0 Å². The molecule has 2 N–H and O–H groups in total. The highest BCUT2D eigenvalue weighted by atomic mass is 35.5. The van der Waals surface area contributed by atoms with E-state index >= 15 is 0 Å². The zero-order valence-corrected chi connectivity index (χ0v) is 9.27. The largest absolute Gasteiger partial charge is 0.398 e. The van der Waals surface area contributed by atoms with Gasteiger partial charge in [0.25, 0.3) is 6.43 Å². The molecule has 0 bridgehead atoms. The zero-order chi connectivity index (χ0) is 12.4. The monoisotopic (exact) mass is 259 g/mol. The van der Waals surface area contributed by atoms with Crippen LogP contribution in [0.15, 0.2) is 18.2 Å². The lowest BCUT2D eigenvalue weighted by Gasteiger charge is -2.06. The average molecular weight is 260 g/mol. The maximum Gasteiger partial charge on any atom is 0.258 e. The fourth-order valence-corrected chi connectivity index (χ4v) is 1.58. The van der Waals surface area contributed by atoms with Gasteiger partial charge < -0.3 is 5.73 Å². The normalized spacial score (nSPS) is 11.1. The molecular weight excluding hydrogens is 252 g/mol. The van der Waals surface area contributed by atoms with Crippen molar-refractivity contribution >= 4 is 17.3 Å². The quantitative estimate of drug-likeness (QED) is 0.854. The molecule has 0 saturated heterocycles. The first-order valence-corrected chi connectivity index (χ1v) is 5.06. The van der Waals surface area contributed by atoms with Gasteiger partial charge in [-0.15, -0.1) is 5.10 Å². The number of benzene rings is 1. The summed E-state index contributed by atoms with van der Waals surface area (Å²) in [6.45, 7) is -0.590. The molecule has 0 aliphatic heterocycles. The van der Waals surface area contributed by atoms with Gasteiger partial charge in [-0.25, -0.2) is 13.5 Å². The van der Waals surface area contributed by atoms with Crippen LogP contribution in [0.25, 0.3) is 11.4 Å². The molecule has 2 rings (SSSR count). The smallest absolute Gasteiger partial charge is 0.258 e. The molecule has 0 saturated carbocycles. The van der Waals surface area contributed by atoms with E-state index in [4.69, 9.17) is 17.3 Å². The van der Waals surface area contributed by atoms with E-state index in [1.54, 1.807) is 18.2 Å². The van der Waals surface area contributed by atoms with Crippen LogP contribution in [0.5, 0.6) is 0 Å². The molecule has 0 aliphatic rings. The van der Waals surface area contributed by atoms with Gasteiger partial charge in [-0.1, -0.05) is 17.7 Å². The molecule has 2 aromatic rings. The van der Waals surface area contributed by atoms with Crippen LogP contribution in [0.2, 0.25) is 5.02 Å². The van der Waals surface area contributed by atoms with Gasteiger partial charge in [0, 0.05) is 5.56 Å². The van der Waals surface area contributed by atoms with Crippen LogP contribution in [-0.4, -0.2) is 26.6 Å². The molecule has 0 aliphatic carbocycles. The number of hydrogen-bond donors (Lipinski definition) is 1. The van der Waals surface area contributed by atoms with Gasteiger partial charge in [-0.2, -0.15) is 0 Å². The van der Waals surface area contributed by atoms with Crippen molar-refractivity contribution in [1.82, 2.24) is 20.2 Å². The number of tetrazole rings is 1. The minimum Gasteiger partial charge on any atom is -0.398 e. The molecule has 0 fully saturated rings. The third-order valence-electron chi connectivity index (χ3n) is 2.11. The van der Waals surface area contributed by atoms with E-state index in [0.29, 0.717) is 11.3 Å². The topological polar surface area (TPSA) is 69.6 Å². The van der Waals surface area contributed by atoms with Crippen molar-refractivity contribution in [3.8, 4) is 11.4 Å². The molecule has 17 heavy (non-hydrogen) atoms. The summed E-state index contributed by atoms with van der Waals surface area (Å²) >= 11 is 5.97. The summed E-state index contributed by atoms with van der Waals surface area (Å²) < 4.78 is 25.6. The molecule has 0 radical (unpaired) electrons. The number of nitrogens with zero attached hydrogens (tertiary/aromatic N) is 4. The van der Waals surface area contributed by atoms with Gasteiger partial charge >= 0.3 is 0 Å². The van der Waals surface area contributed by atoms with E-state index in [1.165, 1.54) is 0 Å². The molecule has 0 spiro atoms. The molecule has 1 heterocycles. The third kappa shape index (κ3) is 2.33. The molecule has 0 unspecified atom stereocenters. The fourth-order valence-electron chi connectivity index (χ4n) is 1.37. The SMILES string of the molecule is Nc1cccc(-c2nnnn2CC(F)F)c1Cl. The maximum absolute atomic E-state index is 12.3. The Morgan fingerprint density at radius 3 is 2.88 bits per heavy atom. The van der Waals surface area contributed by atoms with Crippen molar-refractivity contribution in [1.29, 1.82) is 0 Å². The second-order valence-electron chi connectivity index (χ2n) is 3.28. The molecule has 90 valence electrons. The molecule has 0 amide bonds. The number of hydrogen-bond acceptors (Lipinski definition) is 4. The van der Waals surface area contributed by atoms with Crippen LogP contribution < -0.4 is 5.73 Å². The summed E-state index contributed by atoms with van der Waals surface area (Å²) in [6.07, 6.45) is -2.54. The maximum atomic E-state index is 12.3. The Kier molecular flexibility index (Phi) is 3.19. The lowest BCUT2D eigenvalue weighted by atomic mass is 10.2. The number of nitrogens with two attached hydrogens (primary N) is 1. The fraction of sp³-hybridized carbons (Fsp3) is 0.222. The number of rotatable bonds is 3. The Morgan fingerprint density at radius 1 is 1.41 bits per heavy atom. The Hall–Kier alpha value is -1.76. The standard InChI is InChI=1S/C9H8ClF2N5/c10-8-5(2-1-3-6(8)13)9-14-15-16-17(9)4-7(11)12/h1-3,7H,4,13H2. The van der Waals surface area contributed by atoms with Crippen LogP contribution in [0, 0.1) is 0 Å². The summed E-state index contributed by atoms with van der Waals surface area (Å²) in [4.78, 5) is 0. The van der Waals surface area contributed by atoms with E-state index < -0.39 is 13.0 Å². The highest BCUT2D eigenvalue weighted by molar-refractivity contribution is 6.35. The third-order valence-corrected chi connectivity index (χ3v) is 2.53. The molecule has 1 aromatic heterocycles. The molecule has 5 nitrogen and oxygen atoms in total. The van der Waals surface area contributed by atoms with Gasteiger partial charge in [-0.3, -0.25) is 0 Å². The number of alkyl halides is 2. The lowest BCUT2D eigenvalue weighted by Crippen LogP contribution is -2.10.